The van der Waals surface area contributed by atoms with Crippen LogP contribution < -0.4 is 5.32 Å². The Morgan fingerprint density at radius 2 is 1.95 bits per heavy atom. The summed E-state index contributed by atoms with van der Waals surface area (Å²) in [7, 11) is 0. The fraction of sp³-hybridized carbons (Fsp3) is 0.765. The Balaban J connectivity index is 1.90. The lowest BCUT2D eigenvalue weighted by molar-refractivity contribution is 0.542. The first-order chi connectivity index (χ1) is 10.1. The summed E-state index contributed by atoms with van der Waals surface area (Å²) in [5.74, 6) is 3.05. The third-order valence-electron chi connectivity index (χ3n) is 3.99. The van der Waals surface area contributed by atoms with Gasteiger partial charge in [-0.15, -0.1) is 0 Å². The van der Waals surface area contributed by atoms with Crippen molar-refractivity contribution >= 4 is 11.8 Å². The second-order valence-electron chi connectivity index (χ2n) is 6.43. The molecule has 1 fully saturated rings. The predicted octanol–water partition coefficient (Wildman–Crippen LogP) is 3.84. The van der Waals surface area contributed by atoms with Crippen LogP contribution in [0.15, 0.2) is 0 Å². The zero-order valence-electron chi connectivity index (χ0n) is 13.9. The molecule has 1 aliphatic rings. The number of thioether (sulfide) groups is 1. The molecule has 118 valence electrons. The summed E-state index contributed by atoms with van der Waals surface area (Å²) in [5, 5.41) is 4.04. The van der Waals surface area contributed by atoms with Gasteiger partial charge in [-0.3, -0.25) is 0 Å². The van der Waals surface area contributed by atoms with Crippen LogP contribution in [0.3, 0.4) is 0 Å². The van der Waals surface area contributed by atoms with Crippen molar-refractivity contribution in [3.05, 3.63) is 22.8 Å². The van der Waals surface area contributed by atoms with Crippen molar-refractivity contribution in [3.8, 4) is 0 Å². The minimum Gasteiger partial charge on any atom is -0.316 e. The van der Waals surface area contributed by atoms with E-state index in [0.717, 1.165) is 37.7 Å². The van der Waals surface area contributed by atoms with Gasteiger partial charge in [0.15, 0.2) is 0 Å². The Morgan fingerprint density at radius 3 is 2.52 bits per heavy atom. The molecule has 1 aliphatic heterocycles. The minimum absolute atomic E-state index is 0.532. The molecule has 1 atom stereocenters. The molecule has 1 unspecified atom stereocenters. The summed E-state index contributed by atoms with van der Waals surface area (Å²) in [4.78, 5) is 9.58. The Morgan fingerprint density at radius 1 is 1.24 bits per heavy atom. The highest BCUT2D eigenvalue weighted by Gasteiger charge is 2.21. The first-order valence-corrected chi connectivity index (χ1v) is 9.29. The largest absolute Gasteiger partial charge is 0.316 e. The van der Waals surface area contributed by atoms with Gasteiger partial charge in [0, 0.05) is 11.4 Å². The molecule has 0 radical (unpaired) electrons. The maximum Gasteiger partial charge on any atom is 0.141 e. The summed E-state index contributed by atoms with van der Waals surface area (Å²) in [6.07, 6.45) is 4.79. The molecule has 0 amide bonds. The number of hydrogen-bond donors (Lipinski definition) is 1. The van der Waals surface area contributed by atoms with Crippen molar-refractivity contribution in [1.29, 1.82) is 0 Å². The molecular weight excluding hydrogens is 278 g/mol. The summed E-state index contributed by atoms with van der Waals surface area (Å²) < 4.78 is 0. The van der Waals surface area contributed by atoms with Crippen LogP contribution in [0.5, 0.6) is 0 Å². The lowest BCUT2D eigenvalue weighted by Crippen LogP contribution is -2.21. The van der Waals surface area contributed by atoms with Crippen molar-refractivity contribution in [1.82, 2.24) is 15.3 Å². The van der Waals surface area contributed by atoms with Crippen molar-refractivity contribution in [3.63, 3.8) is 0 Å². The van der Waals surface area contributed by atoms with Crippen LogP contribution in [0.4, 0.5) is 0 Å². The van der Waals surface area contributed by atoms with E-state index in [1.807, 2.05) is 11.8 Å². The predicted molar refractivity (Wildman–Crippen MR) is 92.0 cm³/mol. The second kappa shape index (κ2) is 8.14. The lowest BCUT2D eigenvalue weighted by Gasteiger charge is -2.14. The van der Waals surface area contributed by atoms with Gasteiger partial charge in [0.2, 0.25) is 0 Å². The molecule has 1 saturated heterocycles. The Bertz CT molecular complexity index is 430. The van der Waals surface area contributed by atoms with Crippen LogP contribution in [-0.2, 0) is 6.42 Å². The maximum absolute atomic E-state index is 4.79. The van der Waals surface area contributed by atoms with Crippen LogP contribution in [0, 0.1) is 19.8 Å². The van der Waals surface area contributed by atoms with Crippen molar-refractivity contribution in [2.24, 2.45) is 5.92 Å². The van der Waals surface area contributed by atoms with Gasteiger partial charge < -0.3 is 5.32 Å². The van der Waals surface area contributed by atoms with Crippen molar-refractivity contribution in [2.45, 2.75) is 58.6 Å². The van der Waals surface area contributed by atoms with E-state index in [0.29, 0.717) is 5.25 Å². The van der Waals surface area contributed by atoms with E-state index in [4.69, 9.17) is 9.97 Å². The molecule has 0 aliphatic carbocycles. The standard InChI is InChI=1S/C17H29N3S/c1-12(2)11-18-9-5-7-15-13(3)19-17(20-14(15)4)16-8-6-10-21-16/h12,16,18H,5-11H2,1-4H3. The minimum atomic E-state index is 0.532. The number of rotatable bonds is 7. The number of aromatic nitrogens is 2. The van der Waals surface area contributed by atoms with Gasteiger partial charge in [0.1, 0.15) is 5.82 Å². The summed E-state index contributed by atoms with van der Waals surface area (Å²) in [6.45, 7) is 11.0. The Kier molecular flexibility index (Phi) is 6.49. The van der Waals surface area contributed by atoms with Gasteiger partial charge in [-0.2, -0.15) is 11.8 Å². The highest BCUT2D eigenvalue weighted by atomic mass is 32.2. The van der Waals surface area contributed by atoms with Gasteiger partial charge in [0.25, 0.3) is 0 Å². The first-order valence-electron chi connectivity index (χ1n) is 8.24. The number of nitrogens with one attached hydrogen (secondary N) is 1. The van der Waals surface area contributed by atoms with Gasteiger partial charge in [-0.05, 0) is 69.9 Å². The van der Waals surface area contributed by atoms with E-state index in [-0.39, 0.29) is 0 Å². The molecule has 1 aromatic heterocycles. The lowest BCUT2D eigenvalue weighted by atomic mass is 10.1. The molecular formula is C17H29N3S. The highest BCUT2D eigenvalue weighted by Crippen LogP contribution is 2.38. The first kappa shape index (κ1) is 16.8. The molecule has 0 aromatic carbocycles. The SMILES string of the molecule is Cc1nc(C2CCCS2)nc(C)c1CCCNCC(C)C. The molecule has 1 N–H and O–H groups in total. The zero-order valence-corrected chi connectivity index (χ0v) is 14.7. The average Bonchev–Trinajstić information content (AvgIpc) is 2.94. The van der Waals surface area contributed by atoms with Crippen LogP contribution >= 0.6 is 11.8 Å². The van der Waals surface area contributed by atoms with Crippen LogP contribution in [-0.4, -0.2) is 28.8 Å². The van der Waals surface area contributed by atoms with Gasteiger partial charge in [-0.25, -0.2) is 9.97 Å². The second-order valence-corrected chi connectivity index (χ2v) is 7.74. The number of nitrogens with zero attached hydrogens (tertiary/aromatic N) is 2. The Labute approximate surface area is 133 Å². The van der Waals surface area contributed by atoms with Gasteiger partial charge >= 0.3 is 0 Å². The third kappa shape index (κ3) is 4.96. The van der Waals surface area contributed by atoms with Crippen molar-refractivity contribution < 1.29 is 0 Å². The van der Waals surface area contributed by atoms with E-state index >= 15 is 0 Å². The topological polar surface area (TPSA) is 37.8 Å². The molecule has 4 heteroatoms. The average molecular weight is 308 g/mol. The molecule has 2 heterocycles. The maximum atomic E-state index is 4.79. The molecule has 0 bridgehead atoms. The molecule has 3 nitrogen and oxygen atoms in total. The quantitative estimate of drug-likeness (QED) is 0.777. The van der Waals surface area contributed by atoms with Gasteiger partial charge in [-0.1, -0.05) is 13.8 Å². The van der Waals surface area contributed by atoms with E-state index < -0.39 is 0 Å². The number of aryl methyl sites for hydroxylation is 2. The molecule has 21 heavy (non-hydrogen) atoms. The summed E-state index contributed by atoms with van der Waals surface area (Å²) in [6, 6.07) is 0. The van der Waals surface area contributed by atoms with E-state index in [1.54, 1.807) is 0 Å². The van der Waals surface area contributed by atoms with Crippen LogP contribution in [0.1, 0.15) is 61.1 Å². The van der Waals surface area contributed by atoms with E-state index in [9.17, 15) is 0 Å². The number of hydrogen-bond acceptors (Lipinski definition) is 4. The van der Waals surface area contributed by atoms with Crippen LogP contribution in [0.25, 0.3) is 0 Å². The monoisotopic (exact) mass is 307 g/mol. The normalized spacial score (nSPS) is 18.6. The van der Waals surface area contributed by atoms with E-state index in [1.165, 1.54) is 35.5 Å². The summed E-state index contributed by atoms with van der Waals surface area (Å²) >= 11 is 2.01. The van der Waals surface area contributed by atoms with Crippen LogP contribution in [0.2, 0.25) is 0 Å². The van der Waals surface area contributed by atoms with Gasteiger partial charge in [0.05, 0.1) is 5.25 Å². The molecule has 0 saturated carbocycles. The highest BCUT2D eigenvalue weighted by molar-refractivity contribution is 7.99. The molecule has 1 aromatic rings. The van der Waals surface area contributed by atoms with Crippen molar-refractivity contribution in [2.75, 3.05) is 18.8 Å². The summed E-state index contributed by atoms with van der Waals surface area (Å²) in [5.41, 5.74) is 3.73. The van der Waals surface area contributed by atoms with E-state index in [2.05, 4.69) is 33.0 Å². The third-order valence-corrected chi connectivity index (χ3v) is 5.36. The fourth-order valence-electron chi connectivity index (χ4n) is 2.83. The Hall–Kier alpha value is -0.610. The smallest absolute Gasteiger partial charge is 0.141 e. The fourth-order valence-corrected chi connectivity index (χ4v) is 4.04. The zero-order chi connectivity index (χ0) is 15.2. The molecule has 2 rings (SSSR count). The molecule has 0 spiro atoms.